The topological polar surface area (TPSA) is 85.2 Å². The van der Waals surface area contributed by atoms with Crippen molar-refractivity contribution in [1.29, 1.82) is 0 Å². The van der Waals surface area contributed by atoms with Gasteiger partial charge < -0.3 is 24.4 Å². The summed E-state index contributed by atoms with van der Waals surface area (Å²) in [7, 11) is 0. The molecule has 224 valence electrons. The van der Waals surface area contributed by atoms with E-state index in [9.17, 15) is 4.79 Å². The summed E-state index contributed by atoms with van der Waals surface area (Å²) >= 11 is 0. The predicted octanol–water partition coefficient (Wildman–Crippen LogP) is 6.92. The zero-order chi connectivity index (χ0) is 29.5. The van der Waals surface area contributed by atoms with Gasteiger partial charge >= 0.3 is 5.97 Å². The fraction of sp³-hybridized carbons (Fsp3) is 0.514. The largest absolute Gasteiger partial charge is 0.462 e. The van der Waals surface area contributed by atoms with Gasteiger partial charge in [0.15, 0.2) is 0 Å². The highest BCUT2D eigenvalue weighted by molar-refractivity contribution is 5.87. The summed E-state index contributed by atoms with van der Waals surface area (Å²) < 4.78 is 16.4. The quantitative estimate of drug-likeness (QED) is 0.0672. The standard InChI is InChI=1S/C35H48O6/c1-4-5-6-7-28-8-10-29(11-9-28)30-12-14-31(15-13-30)32-16-18-33(19-17-32)34(24-41-35(38)27(3)21-37)23-40-25-39-22-26(2)20-36/h12-19,28-29,34,36-37H,2-11,20-25H2,1H3. The molecular weight excluding hydrogens is 516 g/mol. The summed E-state index contributed by atoms with van der Waals surface area (Å²) in [6.07, 6.45) is 10.8. The zero-order valence-electron chi connectivity index (χ0n) is 24.7. The van der Waals surface area contributed by atoms with Gasteiger partial charge in [0.25, 0.3) is 0 Å². The van der Waals surface area contributed by atoms with E-state index in [1.807, 2.05) is 12.1 Å². The third kappa shape index (κ3) is 10.9. The van der Waals surface area contributed by atoms with Gasteiger partial charge in [0.05, 0.1) is 32.0 Å². The van der Waals surface area contributed by atoms with Crippen LogP contribution in [-0.2, 0) is 19.0 Å². The molecule has 1 unspecified atom stereocenters. The number of esters is 1. The van der Waals surface area contributed by atoms with Gasteiger partial charge in [-0.1, -0.05) is 94.3 Å². The van der Waals surface area contributed by atoms with E-state index in [-0.39, 0.29) is 44.7 Å². The maximum Gasteiger partial charge on any atom is 0.335 e. The van der Waals surface area contributed by atoms with E-state index in [0.717, 1.165) is 17.0 Å². The van der Waals surface area contributed by atoms with E-state index >= 15 is 0 Å². The van der Waals surface area contributed by atoms with Crippen molar-refractivity contribution in [3.05, 3.63) is 84.0 Å². The smallest absolute Gasteiger partial charge is 0.335 e. The van der Waals surface area contributed by atoms with E-state index in [1.165, 1.54) is 62.5 Å². The van der Waals surface area contributed by atoms with Crippen LogP contribution in [0.3, 0.4) is 0 Å². The van der Waals surface area contributed by atoms with Crippen LogP contribution >= 0.6 is 0 Å². The molecule has 1 aliphatic carbocycles. The number of aliphatic hydroxyl groups is 2. The van der Waals surface area contributed by atoms with Gasteiger partial charge in [0.2, 0.25) is 0 Å². The van der Waals surface area contributed by atoms with Crippen LogP contribution < -0.4 is 0 Å². The maximum atomic E-state index is 12.1. The highest BCUT2D eigenvalue weighted by Crippen LogP contribution is 2.38. The minimum absolute atomic E-state index is 0.00864. The first-order chi connectivity index (χ1) is 19.9. The molecule has 0 bridgehead atoms. The fourth-order valence-corrected chi connectivity index (χ4v) is 5.43. The van der Waals surface area contributed by atoms with Crippen molar-refractivity contribution in [3.63, 3.8) is 0 Å². The fourth-order valence-electron chi connectivity index (χ4n) is 5.43. The van der Waals surface area contributed by atoms with E-state index in [0.29, 0.717) is 11.5 Å². The van der Waals surface area contributed by atoms with Gasteiger partial charge in [0.1, 0.15) is 13.4 Å². The van der Waals surface area contributed by atoms with Crippen LogP contribution in [0, 0.1) is 5.92 Å². The van der Waals surface area contributed by atoms with Gasteiger partial charge in [-0.25, -0.2) is 4.79 Å². The van der Waals surface area contributed by atoms with Gasteiger partial charge in [-0.2, -0.15) is 0 Å². The third-order valence-corrected chi connectivity index (χ3v) is 8.07. The molecule has 0 amide bonds. The summed E-state index contributed by atoms with van der Waals surface area (Å²) in [5, 5.41) is 18.2. The summed E-state index contributed by atoms with van der Waals surface area (Å²) in [6, 6.07) is 17.2. The molecule has 6 heteroatoms. The molecule has 0 radical (unpaired) electrons. The first-order valence-electron chi connectivity index (χ1n) is 15.0. The Kier molecular flexibility index (Phi) is 14.3. The Balaban J connectivity index is 1.58. The van der Waals surface area contributed by atoms with Gasteiger partial charge in [-0.15, -0.1) is 0 Å². The lowest BCUT2D eigenvalue weighted by Gasteiger charge is -2.29. The summed E-state index contributed by atoms with van der Waals surface area (Å²) in [6.45, 7) is 9.48. The molecule has 1 atom stereocenters. The SMILES string of the molecule is C=C(CO)COCOCC(COC(=O)C(=C)CO)c1ccc(-c2ccc(C3CCC(CCCCC)CC3)cc2)cc1. The Morgan fingerprint density at radius 1 is 0.878 bits per heavy atom. The zero-order valence-corrected chi connectivity index (χ0v) is 24.7. The van der Waals surface area contributed by atoms with Crippen molar-refractivity contribution in [3.8, 4) is 11.1 Å². The van der Waals surface area contributed by atoms with Crippen molar-refractivity contribution in [2.24, 2.45) is 5.92 Å². The van der Waals surface area contributed by atoms with Crippen LogP contribution in [0.1, 0.15) is 81.3 Å². The first-order valence-corrected chi connectivity index (χ1v) is 15.0. The van der Waals surface area contributed by atoms with E-state index in [1.54, 1.807) is 0 Å². The second-order valence-electron chi connectivity index (χ2n) is 11.3. The maximum absolute atomic E-state index is 12.1. The first kappa shape index (κ1) is 32.7. The Hall–Kier alpha value is -2.77. The number of ether oxygens (including phenoxy) is 3. The number of hydrogen-bond acceptors (Lipinski definition) is 6. The molecule has 3 rings (SSSR count). The molecule has 2 N–H and O–H groups in total. The van der Waals surface area contributed by atoms with Crippen molar-refractivity contribution in [2.45, 2.75) is 70.1 Å². The number of unbranched alkanes of at least 4 members (excludes halogenated alkanes) is 2. The van der Waals surface area contributed by atoms with Crippen molar-refractivity contribution in [2.75, 3.05) is 39.8 Å². The molecule has 1 saturated carbocycles. The van der Waals surface area contributed by atoms with Crippen molar-refractivity contribution >= 4 is 5.97 Å². The lowest BCUT2D eigenvalue weighted by Crippen LogP contribution is -2.20. The van der Waals surface area contributed by atoms with Gasteiger partial charge in [0, 0.05) is 5.92 Å². The van der Waals surface area contributed by atoms with Crippen LogP contribution in [0.5, 0.6) is 0 Å². The molecule has 0 saturated heterocycles. The normalized spacial score (nSPS) is 17.6. The molecule has 41 heavy (non-hydrogen) atoms. The van der Waals surface area contributed by atoms with E-state index < -0.39 is 12.6 Å². The lowest BCUT2D eigenvalue weighted by atomic mass is 9.77. The van der Waals surface area contributed by atoms with Crippen LogP contribution in [0.2, 0.25) is 0 Å². The molecule has 2 aromatic rings. The summed E-state index contributed by atoms with van der Waals surface area (Å²) in [5.74, 6) is 0.726. The van der Waals surface area contributed by atoms with Crippen molar-refractivity contribution < 1.29 is 29.2 Å². The Morgan fingerprint density at radius 2 is 1.54 bits per heavy atom. The second-order valence-corrected chi connectivity index (χ2v) is 11.3. The minimum atomic E-state index is -0.630. The van der Waals surface area contributed by atoms with Crippen LogP contribution in [-0.4, -0.2) is 56.0 Å². The molecule has 0 aromatic heterocycles. The number of benzene rings is 2. The molecule has 0 heterocycles. The summed E-state index contributed by atoms with van der Waals surface area (Å²) in [5.41, 5.74) is 5.28. The molecule has 1 aliphatic rings. The second kappa shape index (κ2) is 17.9. The predicted molar refractivity (Wildman–Crippen MR) is 164 cm³/mol. The monoisotopic (exact) mass is 564 g/mol. The molecule has 6 nitrogen and oxygen atoms in total. The number of carbonyl (C=O) groups excluding carboxylic acids is 1. The Morgan fingerprint density at radius 3 is 2.15 bits per heavy atom. The Bertz CT molecular complexity index is 1070. The molecule has 0 spiro atoms. The average molecular weight is 565 g/mol. The molecule has 1 fully saturated rings. The van der Waals surface area contributed by atoms with E-state index in [2.05, 4.69) is 56.5 Å². The number of hydrogen-bond donors (Lipinski definition) is 2. The van der Waals surface area contributed by atoms with Crippen LogP contribution in [0.25, 0.3) is 11.1 Å². The highest BCUT2D eigenvalue weighted by Gasteiger charge is 2.22. The number of carbonyl (C=O) groups is 1. The van der Waals surface area contributed by atoms with Crippen molar-refractivity contribution in [1.82, 2.24) is 0 Å². The molecule has 0 aliphatic heterocycles. The van der Waals surface area contributed by atoms with E-state index in [4.69, 9.17) is 24.4 Å². The van der Waals surface area contributed by atoms with Crippen LogP contribution in [0.4, 0.5) is 0 Å². The number of rotatable bonds is 18. The lowest BCUT2D eigenvalue weighted by molar-refractivity contribution is -0.140. The minimum Gasteiger partial charge on any atom is -0.462 e. The summed E-state index contributed by atoms with van der Waals surface area (Å²) in [4.78, 5) is 12.1. The third-order valence-electron chi connectivity index (χ3n) is 8.07. The molecule has 2 aromatic carbocycles. The average Bonchev–Trinajstić information content (AvgIpc) is 3.02. The Labute approximate surface area is 246 Å². The highest BCUT2D eigenvalue weighted by atomic mass is 16.7. The van der Waals surface area contributed by atoms with Gasteiger partial charge in [-0.05, 0) is 65.3 Å². The van der Waals surface area contributed by atoms with Gasteiger partial charge in [-0.3, -0.25) is 0 Å². The van der Waals surface area contributed by atoms with Crippen LogP contribution in [0.15, 0.2) is 72.8 Å². The molecular formula is C35H48O6. The number of aliphatic hydroxyl groups excluding tert-OH is 2.